The molecule has 0 bridgehead atoms. The van der Waals surface area contributed by atoms with Crippen molar-refractivity contribution < 1.29 is 4.79 Å². The average Bonchev–Trinajstić information content (AvgIpc) is 2.70. The Morgan fingerprint density at radius 3 is 2.33 bits per heavy atom. The van der Waals surface area contributed by atoms with Gasteiger partial charge in [-0.2, -0.15) is 0 Å². The molecule has 0 unspecified atom stereocenters. The summed E-state index contributed by atoms with van der Waals surface area (Å²) < 4.78 is 0. The summed E-state index contributed by atoms with van der Waals surface area (Å²) in [6.07, 6.45) is 1.72. The summed E-state index contributed by atoms with van der Waals surface area (Å²) in [5, 5.41) is 3.78. The second-order valence-corrected chi connectivity index (χ2v) is 7.43. The predicted octanol–water partition coefficient (Wildman–Crippen LogP) is 4.27. The van der Waals surface area contributed by atoms with E-state index in [-0.39, 0.29) is 11.9 Å². The zero-order valence-corrected chi connectivity index (χ0v) is 16.3. The first-order valence-corrected chi connectivity index (χ1v) is 9.64. The molecule has 1 atom stereocenters. The van der Waals surface area contributed by atoms with E-state index in [0.29, 0.717) is 17.1 Å². The molecular weight excluding hydrogens is 354 g/mol. The third-order valence-electron chi connectivity index (χ3n) is 4.24. The first-order chi connectivity index (χ1) is 13.1. The topological polar surface area (TPSA) is 45.2 Å². The maximum absolute atomic E-state index is 12.8. The minimum Gasteiger partial charge on any atom is -0.350 e. The largest absolute Gasteiger partial charge is 0.350 e. The number of hydrogen-bond acceptors (Lipinski definition) is 4. The molecule has 3 rings (SSSR count). The molecule has 4 nitrogen and oxygen atoms in total. The van der Waals surface area contributed by atoms with Gasteiger partial charge in [-0.3, -0.25) is 4.79 Å². The van der Waals surface area contributed by atoms with E-state index >= 15 is 0 Å². The van der Waals surface area contributed by atoms with E-state index in [0.717, 1.165) is 4.90 Å². The summed E-state index contributed by atoms with van der Waals surface area (Å²) in [6.45, 7) is 0.528. The number of hydrogen-bond donors (Lipinski definition) is 1. The highest BCUT2D eigenvalue weighted by Gasteiger charge is 2.18. The van der Waals surface area contributed by atoms with Gasteiger partial charge in [-0.15, -0.1) is 0 Å². The Kier molecular flexibility index (Phi) is 6.63. The summed E-state index contributed by atoms with van der Waals surface area (Å²) in [7, 11) is 4.04. The van der Waals surface area contributed by atoms with Gasteiger partial charge >= 0.3 is 0 Å². The summed E-state index contributed by atoms with van der Waals surface area (Å²) in [5.74, 6) is -0.107. The van der Waals surface area contributed by atoms with Crippen LogP contribution >= 0.6 is 11.8 Å². The molecule has 0 radical (unpaired) electrons. The van der Waals surface area contributed by atoms with Gasteiger partial charge in [0, 0.05) is 17.6 Å². The van der Waals surface area contributed by atoms with Crippen LogP contribution in [0.4, 0.5) is 0 Å². The van der Waals surface area contributed by atoms with E-state index in [1.807, 2.05) is 68.7 Å². The van der Waals surface area contributed by atoms with Gasteiger partial charge in [0.15, 0.2) is 0 Å². The van der Waals surface area contributed by atoms with Crippen molar-refractivity contribution in [1.82, 2.24) is 15.2 Å². The lowest BCUT2D eigenvalue weighted by Crippen LogP contribution is -2.34. The van der Waals surface area contributed by atoms with E-state index in [2.05, 4.69) is 27.3 Å². The first-order valence-electron chi connectivity index (χ1n) is 8.82. The second kappa shape index (κ2) is 9.35. The van der Waals surface area contributed by atoms with Crippen molar-refractivity contribution in [3.63, 3.8) is 0 Å². The maximum Gasteiger partial charge on any atom is 0.254 e. The van der Waals surface area contributed by atoms with Crippen LogP contribution in [0.15, 0.2) is 88.9 Å². The fraction of sp³-hybridized carbons (Fsp3) is 0.182. The van der Waals surface area contributed by atoms with Crippen molar-refractivity contribution in [2.75, 3.05) is 20.6 Å². The number of nitrogens with zero attached hydrogens (tertiary/aromatic N) is 2. The van der Waals surface area contributed by atoms with E-state index in [1.165, 1.54) is 17.3 Å². The molecule has 1 aromatic heterocycles. The number of carbonyl (C=O) groups excluding carboxylic acids is 1. The lowest BCUT2D eigenvalue weighted by molar-refractivity contribution is 0.0938. The van der Waals surface area contributed by atoms with Gasteiger partial charge < -0.3 is 10.2 Å². The molecule has 1 heterocycles. The summed E-state index contributed by atoms with van der Waals surface area (Å²) in [4.78, 5) is 20.4. The Morgan fingerprint density at radius 1 is 1.00 bits per heavy atom. The normalized spacial score (nSPS) is 12.0. The third-order valence-corrected chi connectivity index (χ3v) is 5.26. The highest BCUT2D eigenvalue weighted by atomic mass is 32.2. The van der Waals surface area contributed by atoms with Crippen LogP contribution in [-0.2, 0) is 0 Å². The number of nitrogens with one attached hydrogen (secondary N) is 1. The van der Waals surface area contributed by atoms with Crippen LogP contribution < -0.4 is 5.32 Å². The van der Waals surface area contributed by atoms with Crippen LogP contribution in [0.25, 0.3) is 0 Å². The zero-order valence-electron chi connectivity index (χ0n) is 15.5. The minimum absolute atomic E-state index is 0.107. The average molecular weight is 378 g/mol. The molecule has 0 saturated carbocycles. The van der Waals surface area contributed by atoms with Gasteiger partial charge in [0.05, 0.1) is 11.6 Å². The number of pyridine rings is 1. The predicted molar refractivity (Wildman–Crippen MR) is 110 cm³/mol. The van der Waals surface area contributed by atoms with Crippen LogP contribution in [0.1, 0.15) is 22.0 Å². The van der Waals surface area contributed by atoms with E-state index in [1.54, 1.807) is 12.3 Å². The molecule has 0 fully saturated rings. The number of likely N-dealkylation sites (N-methyl/N-ethyl adjacent to an activating group) is 1. The van der Waals surface area contributed by atoms with Gasteiger partial charge in [0.25, 0.3) is 5.91 Å². The molecular formula is C22H23N3OS. The van der Waals surface area contributed by atoms with E-state index in [4.69, 9.17) is 0 Å². The monoisotopic (exact) mass is 377 g/mol. The lowest BCUT2D eigenvalue weighted by atomic mass is 10.1. The van der Waals surface area contributed by atoms with Crippen molar-refractivity contribution in [2.24, 2.45) is 0 Å². The Hall–Kier alpha value is -2.63. The molecule has 1 N–H and O–H groups in total. The van der Waals surface area contributed by atoms with Crippen molar-refractivity contribution >= 4 is 17.7 Å². The molecule has 138 valence electrons. The fourth-order valence-electron chi connectivity index (χ4n) is 2.80. The third kappa shape index (κ3) is 5.18. The van der Waals surface area contributed by atoms with Gasteiger partial charge in [0.2, 0.25) is 0 Å². The number of rotatable bonds is 7. The van der Waals surface area contributed by atoms with Crippen molar-refractivity contribution in [3.8, 4) is 0 Å². The fourth-order valence-corrected chi connectivity index (χ4v) is 3.70. The van der Waals surface area contributed by atoms with Crippen LogP contribution in [-0.4, -0.2) is 36.4 Å². The molecule has 2 aromatic carbocycles. The molecule has 0 aliphatic rings. The summed E-state index contributed by atoms with van der Waals surface area (Å²) >= 11 is 1.50. The van der Waals surface area contributed by atoms with Gasteiger partial charge in [-0.25, -0.2) is 4.98 Å². The first kappa shape index (κ1) is 19.1. The van der Waals surface area contributed by atoms with Gasteiger partial charge in [-0.1, -0.05) is 60.3 Å². The zero-order chi connectivity index (χ0) is 19.1. The van der Waals surface area contributed by atoms with Crippen LogP contribution in [0.3, 0.4) is 0 Å². The molecule has 0 saturated heterocycles. The van der Waals surface area contributed by atoms with Crippen molar-refractivity contribution in [1.29, 1.82) is 0 Å². The van der Waals surface area contributed by atoms with Crippen LogP contribution in [0, 0.1) is 0 Å². The Balaban J connectivity index is 1.72. The van der Waals surface area contributed by atoms with Crippen LogP contribution in [0.5, 0.6) is 0 Å². The van der Waals surface area contributed by atoms with Crippen molar-refractivity contribution in [2.45, 2.75) is 16.0 Å². The van der Waals surface area contributed by atoms with E-state index in [9.17, 15) is 4.79 Å². The molecule has 27 heavy (non-hydrogen) atoms. The minimum atomic E-state index is -0.107. The van der Waals surface area contributed by atoms with Gasteiger partial charge in [0.1, 0.15) is 5.03 Å². The molecule has 0 spiro atoms. The Bertz CT molecular complexity index is 869. The number of amides is 1. The SMILES string of the molecule is CN(C)[C@@H](CNC(=O)c1cccnc1Sc1ccccc1)c1ccccc1. The maximum atomic E-state index is 12.8. The number of aromatic nitrogens is 1. The molecule has 0 aliphatic carbocycles. The lowest BCUT2D eigenvalue weighted by Gasteiger charge is -2.25. The standard InChI is InChI=1S/C22H23N3OS/c1-25(2)20(17-10-5-3-6-11-17)16-24-21(26)19-14-9-15-23-22(19)27-18-12-7-4-8-13-18/h3-15,20H,16H2,1-2H3,(H,24,26)/t20-/m0/s1. The summed E-state index contributed by atoms with van der Waals surface area (Å²) in [5.41, 5.74) is 1.77. The van der Waals surface area contributed by atoms with E-state index < -0.39 is 0 Å². The number of carbonyl (C=O) groups is 1. The Morgan fingerprint density at radius 2 is 1.67 bits per heavy atom. The Labute approximate surface area is 164 Å². The molecule has 3 aromatic rings. The smallest absolute Gasteiger partial charge is 0.254 e. The van der Waals surface area contributed by atoms with Crippen LogP contribution in [0.2, 0.25) is 0 Å². The summed E-state index contributed by atoms with van der Waals surface area (Å²) in [6, 6.07) is 23.9. The van der Waals surface area contributed by atoms with Crippen molar-refractivity contribution in [3.05, 3.63) is 90.1 Å². The van der Waals surface area contributed by atoms with Gasteiger partial charge in [-0.05, 0) is 43.9 Å². The highest BCUT2D eigenvalue weighted by molar-refractivity contribution is 7.99. The molecule has 5 heteroatoms. The molecule has 0 aliphatic heterocycles. The molecule has 1 amide bonds. The number of benzene rings is 2. The highest BCUT2D eigenvalue weighted by Crippen LogP contribution is 2.28. The second-order valence-electron chi connectivity index (χ2n) is 6.37. The quantitative estimate of drug-likeness (QED) is 0.668.